The maximum Gasteiger partial charge on any atom is 0.252 e. The van der Waals surface area contributed by atoms with Gasteiger partial charge in [0, 0.05) is 31.7 Å². The average Bonchev–Trinajstić information content (AvgIpc) is 3.11. The highest BCUT2D eigenvalue weighted by Gasteiger charge is 2.64. The first kappa shape index (κ1) is 19.4. The van der Waals surface area contributed by atoms with Gasteiger partial charge in [-0.15, -0.1) is 0 Å². The highest BCUT2D eigenvalue weighted by molar-refractivity contribution is 6.06. The molecule has 30 heavy (non-hydrogen) atoms. The highest BCUT2D eigenvalue weighted by atomic mass is 19.1. The Morgan fingerprint density at radius 2 is 1.70 bits per heavy atom. The lowest BCUT2D eigenvalue weighted by molar-refractivity contribution is -0.181. The van der Waals surface area contributed by atoms with Gasteiger partial charge >= 0.3 is 0 Å². The van der Waals surface area contributed by atoms with Crippen molar-refractivity contribution in [3.05, 3.63) is 71.5 Å². The largest absolute Gasteiger partial charge is 0.392 e. The Morgan fingerprint density at radius 3 is 2.43 bits per heavy atom. The Kier molecular flexibility index (Phi) is 4.69. The lowest BCUT2D eigenvalue weighted by Gasteiger charge is -2.58. The summed E-state index contributed by atoms with van der Waals surface area (Å²) in [6, 6.07) is 15.6. The van der Waals surface area contributed by atoms with E-state index >= 15 is 0 Å². The van der Waals surface area contributed by atoms with Crippen molar-refractivity contribution in [2.24, 2.45) is 0 Å². The number of aliphatic hydroxyl groups is 1. The van der Waals surface area contributed by atoms with Gasteiger partial charge in [-0.2, -0.15) is 0 Å². The van der Waals surface area contributed by atoms with Crippen LogP contribution in [0, 0.1) is 5.82 Å². The lowest BCUT2D eigenvalue weighted by Crippen LogP contribution is -2.81. The van der Waals surface area contributed by atoms with Crippen LogP contribution in [0.25, 0.3) is 0 Å². The van der Waals surface area contributed by atoms with Crippen LogP contribution in [-0.2, 0) is 22.7 Å². The molecule has 3 saturated heterocycles. The molecule has 0 radical (unpaired) electrons. The molecule has 2 aromatic rings. The normalized spacial score (nSPS) is 26.1. The zero-order valence-electron chi connectivity index (χ0n) is 16.6. The molecule has 3 aliphatic rings. The van der Waals surface area contributed by atoms with E-state index in [4.69, 9.17) is 0 Å². The van der Waals surface area contributed by atoms with Crippen LogP contribution in [-0.4, -0.2) is 68.9 Å². The van der Waals surface area contributed by atoms with Gasteiger partial charge in [-0.05, 0) is 18.1 Å². The second kappa shape index (κ2) is 7.27. The molecule has 1 spiro atoms. The van der Waals surface area contributed by atoms with Crippen LogP contribution < -0.4 is 0 Å². The number of benzene rings is 2. The van der Waals surface area contributed by atoms with Crippen LogP contribution in [0.3, 0.4) is 0 Å². The third-order valence-corrected chi connectivity index (χ3v) is 6.53. The first-order chi connectivity index (χ1) is 14.5. The fourth-order valence-electron chi connectivity index (χ4n) is 5.08. The zero-order valence-corrected chi connectivity index (χ0v) is 16.6. The molecule has 6 nitrogen and oxygen atoms in total. The van der Waals surface area contributed by atoms with Crippen molar-refractivity contribution in [1.29, 1.82) is 0 Å². The summed E-state index contributed by atoms with van der Waals surface area (Å²) in [7, 11) is 0. The van der Waals surface area contributed by atoms with Crippen molar-refractivity contribution in [3.63, 3.8) is 0 Å². The van der Waals surface area contributed by atoms with E-state index in [0.29, 0.717) is 38.2 Å². The molecule has 0 saturated carbocycles. The maximum atomic E-state index is 14.1. The summed E-state index contributed by atoms with van der Waals surface area (Å²) in [4.78, 5) is 31.9. The first-order valence-electron chi connectivity index (χ1n) is 10.3. The van der Waals surface area contributed by atoms with Crippen LogP contribution in [0.1, 0.15) is 17.5 Å². The molecule has 3 aliphatic heterocycles. The van der Waals surface area contributed by atoms with Crippen LogP contribution in [0.2, 0.25) is 0 Å². The van der Waals surface area contributed by atoms with Crippen molar-refractivity contribution in [1.82, 2.24) is 14.7 Å². The Hall–Kier alpha value is -2.61. The van der Waals surface area contributed by atoms with Gasteiger partial charge in [0.15, 0.2) is 0 Å². The van der Waals surface area contributed by atoms with E-state index in [1.165, 1.54) is 11.0 Å². The molecular weight excluding hydrogens is 385 g/mol. The lowest BCUT2D eigenvalue weighted by atomic mass is 9.82. The summed E-state index contributed by atoms with van der Waals surface area (Å²) in [5.74, 6) is -0.714. The quantitative estimate of drug-likeness (QED) is 0.774. The number of nitrogens with zero attached hydrogens (tertiary/aromatic N) is 3. The highest BCUT2D eigenvalue weighted by Crippen LogP contribution is 2.41. The molecule has 2 amide bonds. The second-order valence-corrected chi connectivity index (χ2v) is 8.54. The molecule has 1 N–H and O–H groups in total. The molecule has 3 heterocycles. The number of hydrogen-bond donors (Lipinski definition) is 1. The molecule has 2 atom stereocenters. The number of hydrogen-bond acceptors (Lipinski definition) is 5. The summed E-state index contributed by atoms with van der Waals surface area (Å²) in [6.45, 7) is 1.79. The molecule has 0 bridgehead atoms. The molecule has 2 aromatic carbocycles. The number of likely N-dealkylation sites (tertiary alicyclic amines) is 1. The number of fused-ring (bicyclic) bond motifs is 2. The summed E-state index contributed by atoms with van der Waals surface area (Å²) in [5.41, 5.74) is 0.644. The van der Waals surface area contributed by atoms with E-state index in [1.54, 1.807) is 18.2 Å². The number of β-amino-alcohol motifs (C(OH)–C–C–N with tert-alkyl or cyclic N) is 1. The molecule has 0 aliphatic carbocycles. The number of aliphatic hydroxyl groups excluding tert-OH is 1. The van der Waals surface area contributed by atoms with Gasteiger partial charge in [-0.25, -0.2) is 4.39 Å². The third kappa shape index (κ3) is 3.05. The zero-order chi connectivity index (χ0) is 20.9. The number of carbonyl (C=O) groups excluding carboxylic acids is 2. The Morgan fingerprint density at radius 1 is 1.00 bits per heavy atom. The fraction of sp³-hybridized carbons (Fsp3) is 0.391. The average molecular weight is 409 g/mol. The summed E-state index contributed by atoms with van der Waals surface area (Å²) >= 11 is 0. The molecule has 3 fully saturated rings. The number of rotatable bonds is 4. The molecule has 0 aromatic heterocycles. The van der Waals surface area contributed by atoms with Gasteiger partial charge in [0.1, 0.15) is 11.4 Å². The third-order valence-electron chi connectivity index (χ3n) is 6.53. The van der Waals surface area contributed by atoms with Crippen molar-refractivity contribution in [2.45, 2.75) is 37.2 Å². The van der Waals surface area contributed by atoms with Gasteiger partial charge in [-0.1, -0.05) is 48.5 Å². The molecule has 7 heteroatoms. The van der Waals surface area contributed by atoms with Gasteiger partial charge in [0.25, 0.3) is 5.91 Å². The summed E-state index contributed by atoms with van der Waals surface area (Å²) in [6.07, 6.45) is -0.284. The van der Waals surface area contributed by atoms with Crippen molar-refractivity contribution >= 4 is 11.8 Å². The second-order valence-electron chi connectivity index (χ2n) is 8.54. The minimum absolute atomic E-state index is 0.216. The standard InChI is InChI=1S/C23H24FN3O3/c24-19-9-5-4-8-17(19)12-25-14-23(15-25)22(30)26(11-16-6-2-1-3-7-16)21(29)20-10-18(28)13-27(20)23/h1-9,18,20,28H,10-15H2/t18-,20+/m1/s1. The minimum atomic E-state index is -0.837. The van der Waals surface area contributed by atoms with Gasteiger partial charge in [0.2, 0.25) is 5.91 Å². The molecule has 0 unspecified atom stereocenters. The van der Waals surface area contributed by atoms with Crippen LogP contribution >= 0.6 is 0 Å². The summed E-state index contributed by atoms with van der Waals surface area (Å²) in [5, 5.41) is 10.2. The van der Waals surface area contributed by atoms with Gasteiger partial charge in [-0.3, -0.25) is 24.3 Å². The Bertz CT molecular complexity index is 977. The predicted octanol–water partition coefficient (Wildman–Crippen LogP) is 1.38. The topological polar surface area (TPSA) is 64.1 Å². The number of amides is 2. The minimum Gasteiger partial charge on any atom is -0.392 e. The smallest absolute Gasteiger partial charge is 0.252 e. The van der Waals surface area contributed by atoms with E-state index in [9.17, 15) is 19.1 Å². The van der Waals surface area contributed by atoms with E-state index in [1.807, 2.05) is 40.1 Å². The van der Waals surface area contributed by atoms with Crippen LogP contribution in [0.15, 0.2) is 54.6 Å². The van der Waals surface area contributed by atoms with E-state index in [2.05, 4.69) is 0 Å². The Labute approximate surface area is 174 Å². The molecule has 156 valence electrons. The monoisotopic (exact) mass is 409 g/mol. The van der Waals surface area contributed by atoms with Crippen molar-refractivity contribution in [3.8, 4) is 0 Å². The van der Waals surface area contributed by atoms with Crippen LogP contribution in [0.4, 0.5) is 4.39 Å². The first-order valence-corrected chi connectivity index (χ1v) is 10.3. The predicted molar refractivity (Wildman–Crippen MR) is 108 cm³/mol. The number of imide groups is 1. The van der Waals surface area contributed by atoms with Crippen molar-refractivity contribution < 1.29 is 19.1 Å². The number of piperazine rings is 1. The molecular formula is C23H24FN3O3. The van der Waals surface area contributed by atoms with E-state index in [-0.39, 0.29) is 24.2 Å². The fourth-order valence-corrected chi connectivity index (χ4v) is 5.08. The van der Waals surface area contributed by atoms with E-state index in [0.717, 1.165) is 5.56 Å². The van der Waals surface area contributed by atoms with Gasteiger partial charge in [0.05, 0.1) is 18.7 Å². The Balaban J connectivity index is 1.40. The maximum absolute atomic E-state index is 14.1. The molecule has 5 rings (SSSR count). The van der Waals surface area contributed by atoms with Crippen LogP contribution in [0.5, 0.6) is 0 Å². The summed E-state index contributed by atoms with van der Waals surface area (Å²) < 4.78 is 14.1. The number of halogens is 1. The number of carbonyl (C=O) groups is 2. The van der Waals surface area contributed by atoms with Crippen molar-refractivity contribution in [2.75, 3.05) is 19.6 Å². The van der Waals surface area contributed by atoms with Gasteiger partial charge < -0.3 is 5.11 Å². The van der Waals surface area contributed by atoms with E-state index < -0.39 is 17.7 Å². The SMILES string of the molecule is O=C1[C@@H]2C[C@@H](O)CN2C2(CN(Cc3ccccc3F)C2)C(=O)N1Cc1ccccc1.